The maximum atomic E-state index is 14.2. The van der Waals surface area contributed by atoms with Gasteiger partial charge >= 0.3 is 0 Å². The first-order chi connectivity index (χ1) is 20.5. The monoisotopic (exact) mass is 569 g/mol. The largest absolute Gasteiger partial charge is 0.382 e. The van der Waals surface area contributed by atoms with Gasteiger partial charge in [-0.25, -0.2) is 15.0 Å². The van der Waals surface area contributed by atoms with Gasteiger partial charge in [-0.1, -0.05) is 42.2 Å². The molecule has 0 fully saturated rings. The van der Waals surface area contributed by atoms with Gasteiger partial charge in [0.1, 0.15) is 11.4 Å². The Kier molecular flexibility index (Phi) is 7.24. The van der Waals surface area contributed by atoms with Gasteiger partial charge < -0.3 is 11.1 Å². The Bertz CT molecular complexity index is 2030. The molecule has 6 aromatic rings. The van der Waals surface area contributed by atoms with E-state index in [1.54, 1.807) is 29.4 Å². The number of fused-ring (bicyclic) bond motifs is 1. The van der Waals surface area contributed by atoms with Crippen LogP contribution in [-0.4, -0.2) is 30.4 Å². The quantitative estimate of drug-likeness (QED) is 0.286. The summed E-state index contributed by atoms with van der Waals surface area (Å²) in [6.45, 7) is 1.80. The van der Waals surface area contributed by atoms with E-state index in [0.717, 1.165) is 5.56 Å². The molecule has 0 spiro atoms. The Balaban J connectivity index is 1.44. The summed E-state index contributed by atoms with van der Waals surface area (Å²) in [7, 11) is 0. The fourth-order valence-electron chi connectivity index (χ4n) is 4.59. The predicted molar refractivity (Wildman–Crippen MR) is 163 cm³/mol. The van der Waals surface area contributed by atoms with Gasteiger partial charge in [0.15, 0.2) is 11.5 Å². The number of pyridine rings is 2. The van der Waals surface area contributed by atoms with Crippen LogP contribution in [0.4, 0.5) is 5.82 Å². The topological polar surface area (TPSA) is 129 Å². The average Bonchev–Trinajstić information content (AvgIpc) is 3.56. The summed E-state index contributed by atoms with van der Waals surface area (Å²) in [5, 5.41) is 5.95. The third-order valence-corrected chi connectivity index (χ3v) is 7.18. The van der Waals surface area contributed by atoms with E-state index in [9.17, 15) is 9.59 Å². The van der Waals surface area contributed by atoms with E-state index in [4.69, 9.17) is 5.73 Å². The molecule has 4 aromatic heterocycles. The van der Waals surface area contributed by atoms with Crippen molar-refractivity contribution in [3.8, 4) is 28.9 Å². The summed E-state index contributed by atoms with van der Waals surface area (Å²) >= 11 is 1.41. The highest BCUT2D eigenvalue weighted by molar-refractivity contribution is 7.07. The van der Waals surface area contributed by atoms with Crippen LogP contribution < -0.4 is 16.6 Å². The van der Waals surface area contributed by atoms with Gasteiger partial charge in [0.05, 0.1) is 23.1 Å². The molecule has 0 aliphatic heterocycles. The first kappa shape index (κ1) is 26.6. The lowest BCUT2D eigenvalue weighted by molar-refractivity contribution is 0.0934. The number of amides is 1. The number of hydrogen-bond donors (Lipinski definition) is 2. The number of carbonyl (C=O) groups is 1. The second-order valence-corrected chi connectivity index (χ2v) is 10.1. The summed E-state index contributed by atoms with van der Waals surface area (Å²) in [5.41, 5.74) is 11.0. The zero-order valence-electron chi connectivity index (χ0n) is 22.4. The van der Waals surface area contributed by atoms with Gasteiger partial charge in [0.25, 0.3) is 11.5 Å². The fraction of sp³-hybridized carbons (Fsp3) is 0.0625. The van der Waals surface area contributed by atoms with Gasteiger partial charge in [0.2, 0.25) is 0 Å². The van der Waals surface area contributed by atoms with Crippen molar-refractivity contribution in [1.29, 1.82) is 0 Å². The first-order valence-electron chi connectivity index (χ1n) is 13.0. The molecule has 10 heteroatoms. The van der Waals surface area contributed by atoms with Crippen molar-refractivity contribution in [2.45, 2.75) is 13.0 Å². The third kappa shape index (κ3) is 5.24. The minimum Gasteiger partial charge on any atom is -0.382 e. The van der Waals surface area contributed by atoms with Crippen LogP contribution in [0, 0.1) is 11.8 Å². The molecule has 9 nitrogen and oxygen atoms in total. The normalized spacial score (nSPS) is 11.5. The Hall–Kier alpha value is -5.66. The smallest absolute Gasteiger partial charge is 0.274 e. The highest BCUT2D eigenvalue weighted by Crippen LogP contribution is 2.24. The molecule has 4 heterocycles. The van der Waals surface area contributed by atoms with E-state index in [2.05, 4.69) is 37.1 Å². The molecule has 0 radical (unpaired) electrons. The van der Waals surface area contributed by atoms with Crippen LogP contribution in [0.15, 0.2) is 101 Å². The number of nitrogens with zero attached hydrogens (tertiary/aromatic N) is 5. The van der Waals surface area contributed by atoms with Crippen LogP contribution in [0.1, 0.15) is 40.3 Å². The van der Waals surface area contributed by atoms with Crippen molar-refractivity contribution in [1.82, 2.24) is 29.8 Å². The number of nitrogens with one attached hydrogen (secondary N) is 1. The van der Waals surface area contributed by atoms with Crippen molar-refractivity contribution in [2.75, 3.05) is 5.73 Å². The summed E-state index contributed by atoms with van der Waals surface area (Å²) in [4.78, 5) is 44.5. The van der Waals surface area contributed by atoms with E-state index in [1.165, 1.54) is 17.5 Å². The number of para-hydroxylation sites is 1. The summed E-state index contributed by atoms with van der Waals surface area (Å²) in [6.07, 6.45) is 4.84. The summed E-state index contributed by atoms with van der Waals surface area (Å²) in [6, 6.07) is 19.8. The molecule has 1 amide bonds. The first-order valence-corrected chi connectivity index (χ1v) is 13.9. The maximum absolute atomic E-state index is 14.2. The number of aromatic nitrogens is 5. The maximum Gasteiger partial charge on any atom is 0.274 e. The Morgan fingerprint density at radius 2 is 1.86 bits per heavy atom. The zero-order valence-corrected chi connectivity index (χ0v) is 23.2. The fourth-order valence-corrected chi connectivity index (χ4v) is 5.14. The highest BCUT2D eigenvalue weighted by Gasteiger charge is 2.22. The highest BCUT2D eigenvalue weighted by atomic mass is 32.1. The van der Waals surface area contributed by atoms with E-state index < -0.39 is 11.9 Å². The van der Waals surface area contributed by atoms with E-state index in [1.807, 2.05) is 72.1 Å². The van der Waals surface area contributed by atoms with Gasteiger partial charge in [-0.3, -0.25) is 19.1 Å². The molecule has 3 N–H and O–H groups in total. The van der Waals surface area contributed by atoms with Crippen LogP contribution in [0.2, 0.25) is 0 Å². The van der Waals surface area contributed by atoms with Crippen molar-refractivity contribution in [2.24, 2.45) is 0 Å². The molecule has 6 rings (SSSR count). The number of thiazole rings is 1. The predicted octanol–water partition coefficient (Wildman–Crippen LogP) is 4.77. The van der Waals surface area contributed by atoms with Gasteiger partial charge in [-0.05, 0) is 48.7 Å². The average molecular weight is 570 g/mol. The van der Waals surface area contributed by atoms with Crippen molar-refractivity contribution in [3.63, 3.8) is 0 Å². The Labute approximate surface area is 244 Å². The molecule has 204 valence electrons. The van der Waals surface area contributed by atoms with Gasteiger partial charge in [-0.2, -0.15) is 0 Å². The number of benzene rings is 2. The number of carbonyl (C=O) groups excluding carboxylic acids is 1. The second kappa shape index (κ2) is 11.4. The SMILES string of the molecule is C[C@H](NC(=O)c1nc(-c2cscn2)cnc1N)c1cc2cccc(C#Cc3cccnc3)c2c(=O)n1-c1ccccc1. The molecule has 0 saturated carbocycles. The van der Waals surface area contributed by atoms with Crippen LogP contribution in [0.5, 0.6) is 0 Å². The van der Waals surface area contributed by atoms with Crippen LogP contribution in [0.3, 0.4) is 0 Å². The van der Waals surface area contributed by atoms with Gasteiger partial charge in [0, 0.05) is 40.3 Å². The summed E-state index contributed by atoms with van der Waals surface area (Å²) in [5.74, 6) is 5.71. The van der Waals surface area contributed by atoms with E-state index >= 15 is 0 Å². The molecule has 0 bridgehead atoms. The standard InChI is InChI=1S/C32H23N7O2S/c1-20(37-31(40)29-30(33)35-17-25(38-29)26-18-42-19-36-26)27-15-23-9-5-8-22(13-12-21-7-6-14-34-16-21)28(23)32(41)39(27)24-10-3-2-4-11-24/h2-11,14-20H,1H3,(H2,33,35)(H,37,40)/t20-/m0/s1. The minimum absolute atomic E-state index is 0.00512. The van der Waals surface area contributed by atoms with Crippen LogP contribution >= 0.6 is 11.3 Å². The van der Waals surface area contributed by atoms with Gasteiger partial charge in [-0.15, -0.1) is 11.3 Å². The Morgan fingerprint density at radius 1 is 1.00 bits per heavy atom. The molecular formula is C32H23N7O2S. The number of anilines is 1. The third-order valence-electron chi connectivity index (χ3n) is 6.59. The number of nitrogens with two attached hydrogens (primary N) is 1. The second-order valence-electron chi connectivity index (χ2n) is 9.36. The van der Waals surface area contributed by atoms with E-state index in [-0.39, 0.29) is 17.1 Å². The number of nitrogen functional groups attached to an aromatic ring is 1. The molecular weight excluding hydrogens is 546 g/mol. The lowest BCUT2D eigenvalue weighted by Gasteiger charge is -2.21. The molecule has 2 aromatic carbocycles. The van der Waals surface area contributed by atoms with Crippen molar-refractivity contribution >= 4 is 33.8 Å². The Morgan fingerprint density at radius 3 is 2.62 bits per heavy atom. The summed E-state index contributed by atoms with van der Waals surface area (Å²) < 4.78 is 1.60. The minimum atomic E-state index is -0.607. The molecule has 0 aliphatic carbocycles. The molecule has 0 saturated heterocycles. The number of rotatable bonds is 5. The molecule has 0 unspecified atom stereocenters. The molecule has 42 heavy (non-hydrogen) atoms. The number of hydrogen-bond acceptors (Lipinski definition) is 8. The van der Waals surface area contributed by atoms with Crippen molar-refractivity contribution in [3.05, 3.63) is 129 Å². The lowest BCUT2D eigenvalue weighted by atomic mass is 10.0. The van der Waals surface area contributed by atoms with Crippen LogP contribution in [-0.2, 0) is 0 Å². The lowest BCUT2D eigenvalue weighted by Crippen LogP contribution is -2.33. The zero-order chi connectivity index (χ0) is 29.1. The molecule has 0 aliphatic rings. The molecule has 1 atom stereocenters. The van der Waals surface area contributed by atoms with Crippen LogP contribution in [0.25, 0.3) is 27.8 Å². The van der Waals surface area contributed by atoms with E-state index in [0.29, 0.717) is 39.1 Å². The van der Waals surface area contributed by atoms with Crippen molar-refractivity contribution < 1.29 is 4.79 Å².